The van der Waals surface area contributed by atoms with Gasteiger partial charge in [0.2, 0.25) is 5.78 Å². The highest BCUT2D eigenvalue weighted by atomic mass is 79.9. The number of carbonyl (C=O) groups excluding carboxylic acids is 1. The smallest absolute Gasteiger partial charge is 0.232 e. The monoisotopic (exact) mass is 450 g/mol. The number of methoxy groups -OCH3 is 1. The standard InChI is InChI=1S/C24H19BrO4/c1-15-10-19(28-14-16-6-4-3-5-7-16)13-21-23(15)24(26)22(29-21)12-17-11-18(25)8-9-20(17)27-2/h3-13H,14H2,1-2H3/b22-12-. The van der Waals surface area contributed by atoms with Crippen LogP contribution in [-0.2, 0) is 6.61 Å². The van der Waals surface area contributed by atoms with E-state index in [0.29, 0.717) is 29.4 Å². The third-order valence-corrected chi connectivity index (χ3v) is 5.16. The molecule has 4 rings (SSSR count). The third-order valence-electron chi connectivity index (χ3n) is 4.67. The van der Waals surface area contributed by atoms with Crippen LogP contribution in [0.4, 0.5) is 0 Å². The van der Waals surface area contributed by atoms with Crippen molar-refractivity contribution in [3.05, 3.63) is 93.1 Å². The molecule has 0 spiro atoms. The summed E-state index contributed by atoms with van der Waals surface area (Å²) in [7, 11) is 1.60. The quantitative estimate of drug-likeness (QED) is 0.449. The summed E-state index contributed by atoms with van der Waals surface area (Å²) < 4.78 is 18.1. The van der Waals surface area contributed by atoms with Gasteiger partial charge in [0.25, 0.3) is 0 Å². The molecule has 0 fully saturated rings. The molecule has 0 N–H and O–H groups in total. The molecule has 0 radical (unpaired) electrons. The van der Waals surface area contributed by atoms with E-state index in [2.05, 4.69) is 15.9 Å². The Morgan fingerprint density at radius 1 is 1.07 bits per heavy atom. The van der Waals surface area contributed by atoms with Gasteiger partial charge in [0.1, 0.15) is 23.9 Å². The molecule has 0 aliphatic carbocycles. The molecule has 1 aliphatic rings. The molecular weight excluding hydrogens is 432 g/mol. The molecule has 0 saturated carbocycles. The lowest BCUT2D eigenvalue weighted by Gasteiger charge is -2.09. The molecule has 0 amide bonds. The molecule has 3 aromatic rings. The molecule has 5 heteroatoms. The Hall–Kier alpha value is -3.05. The maximum absolute atomic E-state index is 12.9. The fourth-order valence-corrected chi connectivity index (χ4v) is 3.64. The van der Waals surface area contributed by atoms with Gasteiger partial charge in [-0.05, 0) is 48.4 Å². The molecule has 146 valence electrons. The lowest BCUT2D eigenvalue weighted by Crippen LogP contribution is -2.00. The van der Waals surface area contributed by atoms with Gasteiger partial charge in [0.05, 0.1) is 12.7 Å². The Kier molecular flexibility index (Phi) is 5.41. The second-order valence-electron chi connectivity index (χ2n) is 6.71. The second-order valence-corrected chi connectivity index (χ2v) is 7.63. The van der Waals surface area contributed by atoms with Crippen LogP contribution in [0.2, 0.25) is 0 Å². The Balaban J connectivity index is 1.61. The first-order valence-electron chi connectivity index (χ1n) is 9.14. The van der Waals surface area contributed by atoms with Crippen molar-refractivity contribution >= 4 is 27.8 Å². The summed E-state index contributed by atoms with van der Waals surface area (Å²) in [4.78, 5) is 12.9. The van der Waals surface area contributed by atoms with Gasteiger partial charge in [-0.25, -0.2) is 0 Å². The SMILES string of the molecule is COc1ccc(Br)cc1/C=C1\Oc2cc(OCc3ccccc3)cc(C)c2C1=O. The summed E-state index contributed by atoms with van der Waals surface area (Å²) in [6, 6.07) is 19.2. The zero-order chi connectivity index (χ0) is 20.4. The van der Waals surface area contributed by atoms with Gasteiger partial charge in [-0.2, -0.15) is 0 Å². The van der Waals surface area contributed by atoms with Gasteiger partial charge in [-0.15, -0.1) is 0 Å². The van der Waals surface area contributed by atoms with Crippen LogP contribution in [0.15, 0.2) is 70.9 Å². The molecule has 0 unspecified atom stereocenters. The van der Waals surface area contributed by atoms with Crippen molar-refractivity contribution in [2.24, 2.45) is 0 Å². The number of halogens is 1. The van der Waals surface area contributed by atoms with Gasteiger partial charge in [-0.3, -0.25) is 4.79 Å². The summed E-state index contributed by atoms with van der Waals surface area (Å²) >= 11 is 3.45. The van der Waals surface area contributed by atoms with Crippen LogP contribution in [0.5, 0.6) is 17.2 Å². The number of carbonyl (C=O) groups is 1. The van der Waals surface area contributed by atoms with E-state index in [-0.39, 0.29) is 11.5 Å². The zero-order valence-electron chi connectivity index (χ0n) is 16.1. The van der Waals surface area contributed by atoms with Crippen molar-refractivity contribution in [1.29, 1.82) is 0 Å². The van der Waals surface area contributed by atoms with Crippen LogP contribution in [-0.4, -0.2) is 12.9 Å². The zero-order valence-corrected chi connectivity index (χ0v) is 17.7. The average molecular weight is 451 g/mol. The van der Waals surface area contributed by atoms with E-state index in [1.54, 1.807) is 19.3 Å². The number of ketones is 1. The van der Waals surface area contributed by atoms with Gasteiger partial charge in [0, 0.05) is 16.1 Å². The highest BCUT2D eigenvalue weighted by Gasteiger charge is 2.30. The van der Waals surface area contributed by atoms with Crippen molar-refractivity contribution in [3.63, 3.8) is 0 Å². The predicted molar refractivity (Wildman–Crippen MR) is 116 cm³/mol. The van der Waals surface area contributed by atoms with Crippen LogP contribution in [0.25, 0.3) is 6.08 Å². The Morgan fingerprint density at radius 3 is 2.62 bits per heavy atom. The van der Waals surface area contributed by atoms with Crippen LogP contribution in [0, 0.1) is 6.92 Å². The fourth-order valence-electron chi connectivity index (χ4n) is 3.26. The minimum atomic E-state index is -0.144. The normalized spacial score (nSPS) is 13.9. The van der Waals surface area contributed by atoms with Crippen LogP contribution in [0.3, 0.4) is 0 Å². The van der Waals surface area contributed by atoms with E-state index in [9.17, 15) is 4.79 Å². The van der Waals surface area contributed by atoms with Crippen molar-refractivity contribution in [2.75, 3.05) is 7.11 Å². The fraction of sp³-hybridized carbons (Fsp3) is 0.125. The van der Waals surface area contributed by atoms with E-state index in [1.165, 1.54) is 0 Å². The Labute approximate surface area is 177 Å². The van der Waals surface area contributed by atoms with E-state index in [0.717, 1.165) is 21.2 Å². The van der Waals surface area contributed by atoms with E-state index < -0.39 is 0 Å². The molecule has 4 nitrogen and oxygen atoms in total. The summed E-state index contributed by atoms with van der Waals surface area (Å²) in [6.45, 7) is 2.34. The number of aryl methyl sites for hydroxylation is 1. The van der Waals surface area contributed by atoms with Crippen LogP contribution < -0.4 is 14.2 Å². The third kappa shape index (κ3) is 4.05. The largest absolute Gasteiger partial charge is 0.496 e. The summed E-state index contributed by atoms with van der Waals surface area (Å²) in [5.41, 5.74) is 3.22. The maximum Gasteiger partial charge on any atom is 0.232 e. The molecule has 1 heterocycles. The van der Waals surface area contributed by atoms with E-state index in [1.807, 2.05) is 61.5 Å². The highest BCUT2D eigenvalue weighted by Crippen LogP contribution is 2.38. The van der Waals surface area contributed by atoms with Crippen molar-refractivity contribution in [3.8, 4) is 17.2 Å². The summed E-state index contributed by atoms with van der Waals surface area (Å²) in [5.74, 6) is 1.96. The van der Waals surface area contributed by atoms with Crippen molar-refractivity contribution < 1.29 is 19.0 Å². The summed E-state index contributed by atoms with van der Waals surface area (Å²) in [6.07, 6.45) is 1.70. The maximum atomic E-state index is 12.9. The lowest BCUT2D eigenvalue weighted by molar-refractivity contribution is 0.101. The van der Waals surface area contributed by atoms with E-state index >= 15 is 0 Å². The van der Waals surface area contributed by atoms with Crippen LogP contribution >= 0.6 is 15.9 Å². The first-order chi connectivity index (χ1) is 14.0. The number of benzene rings is 3. The summed E-state index contributed by atoms with van der Waals surface area (Å²) in [5, 5.41) is 0. The molecule has 0 bridgehead atoms. The van der Waals surface area contributed by atoms with Crippen molar-refractivity contribution in [2.45, 2.75) is 13.5 Å². The molecule has 3 aromatic carbocycles. The second kappa shape index (κ2) is 8.13. The molecule has 0 atom stereocenters. The number of fused-ring (bicyclic) bond motifs is 1. The topological polar surface area (TPSA) is 44.8 Å². The molecule has 0 aromatic heterocycles. The minimum Gasteiger partial charge on any atom is -0.496 e. The van der Waals surface area contributed by atoms with Gasteiger partial charge in [-0.1, -0.05) is 46.3 Å². The Bertz CT molecular complexity index is 1100. The van der Waals surface area contributed by atoms with Gasteiger partial charge < -0.3 is 14.2 Å². The van der Waals surface area contributed by atoms with Crippen molar-refractivity contribution in [1.82, 2.24) is 0 Å². The highest BCUT2D eigenvalue weighted by molar-refractivity contribution is 9.10. The average Bonchev–Trinajstić information content (AvgIpc) is 3.03. The number of ether oxygens (including phenoxy) is 3. The number of hydrogen-bond acceptors (Lipinski definition) is 4. The van der Waals surface area contributed by atoms with Gasteiger partial charge in [0.15, 0.2) is 5.76 Å². The Morgan fingerprint density at radius 2 is 1.86 bits per heavy atom. The lowest BCUT2D eigenvalue weighted by atomic mass is 10.0. The molecule has 1 aliphatic heterocycles. The first-order valence-corrected chi connectivity index (χ1v) is 9.93. The number of Topliss-reactive ketones (excluding diaryl/α,β-unsaturated/α-hetero) is 1. The van der Waals surface area contributed by atoms with Crippen LogP contribution in [0.1, 0.15) is 27.0 Å². The number of allylic oxidation sites excluding steroid dienone is 1. The number of rotatable bonds is 5. The number of hydrogen-bond donors (Lipinski definition) is 0. The first kappa shape index (κ1) is 19.3. The molecule has 0 saturated heterocycles. The minimum absolute atomic E-state index is 0.144. The molecular formula is C24H19BrO4. The molecule has 29 heavy (non-hydrogen) atoms. The van der Waals surface area contributed by atoms with E-state index in [4.69, 9.17) is 14.2 Å². The van der Waals surface area contributed by atoms with Gasteiger partial charge >= 0.3 is 0 Å². The predicted octanol–water partition coefficient (Wildman–Crippen LogP) is 5.96.